The fourth-order valence-corrected chi connectivity index (χ4v) is 16.0. The van der Waals surface area contributed by atoms with Gasteiger partial charge < -0.3 is 0 Å². The molecule has 1 aromatic carbocycles. The van der Waals surface area contributed by atoms with Gasteiger partial charge in [0.05, 0.1) is 0 Å². The quantitative estimate of drug-likeness (QED) is 0.353. The van der Waals surface area contributed by atoms with Crippen LogP contribution in [-0.4, -0.2) is 32.4 Å². The van der Waals surface area contributed by atoms with E-state index in [4.69, 9.17) is 4.52 Å². The first-order valence-electron chi connectivity index (χ1n) is 15.1. The van der Waals surface area contributed by atoms with Crippen LogP contribution in [-0.2, 0) is 0 Å². The molecule has 4 saturated carbocycles. The van der Waals surface area contributed by atoms with Crippen molar-refractivity contribution in [1.82, 2.24) is 0 Å². The maximum absolute atomic E-state index is 12.7. The molecule has 4 aliphatic rings. The fraction of sp³-hybridized carbons (Fsp3) is 0.800. The molecular weight excluding hydrogens is 470 g/mol. The average Bonchev–Trinajstić information content (AvgIpc) is 2.94. The first-order valence-corrected chi connectivity index (χ1v) is 18.8. The van der Waals surface area contributed by atoms with Crippen LogP contribution >= 0.6 is 15.2 Å². The Morgan fingerprint density at radius 2 is 1.03 bits per heavy atom. The zero-order valence-corrected chi connectivity index (χ0v) is 23.7. The molecule has 0 unspecified atom stereocenters. The normalized spacial score (nSPS) is 25.9. The Balaban J connectivity index is 1.45. The van der Waals surface area contributed by atoms with Crippen LogP contribution in [0.5, 0.6) is 5.75 Å². The summed E-state index contributed by atoms with van der Waals surface area (Å²) in [6.07, 6.45) is 24.4. The standard InChI is InChI=1S/C30H50O3P2/c31-35(32,28-19-9-3-10-20-28,29-21-11-4-12-22-29)30-23-13-14-25(24-30)33-34(26-15-5-1-6-16-26)27-17-7-2-8-18-27/h13-14,23-24,26-29,31-32H,1-12,15-22H2. The SMILES string of the molecule is OP(O)(c1cccc(OP(C2CCCCC2)C2CCCCC2)c1)(C1CCCCC1)C1CCCCC1. The monoisotopic (exact) mass is 520 g/mol. The molecule has 5 rings (SSSR count). The molecule has 0 heterocycles. The van der Waals surface area contributed by atoms with Gasteiger partial charge in [0.2, 0.25) is 0 Å². The van der Waals surface area contributed by atoms with Crippen LogP contribution in [0.3, 0.4) is 0 Å². The topological polar surface area (TPSA) is 49.7 Å². The van der Waals surface area contributed by atoms with Gasteiger partial charge in [0.15, 0.2) is 0 Å². The van der Waals surface area contributed by atoms with E-state index in [0.717, 1.165) is 73.7 Å². The second-order valence-electron chi connectivity index (χ2n) is 12.3. The molecule has 35 heavy (non-hydrogen) atoms. The second-order valence-corrected chi connectivity index (χ2v) is 18.9. The van der Waals surface area contributed by atoms with Crippen molar-refractivity contribution >= 4 is 20.5 Å². The summed E-state index contributed by atoms with van der Waals surface area (Å²) in [6.45, 7) is 0. The predicted octanol–water partition coefficient (Wildman–Crippen LogP) is 8.79. The molecule has 2 N–H and O–H groups in total. The third-order valence-electron chi connectivity index (χ3n) is 10.0. The van der Waals surface area contributed by atoms with Crippen molar-refractivity contribution < 1.29 is 14.3 Å². The van der Waals surface area contributed by atoms with Crippen LogP contribution in [0.4, 0.5) is 0 Å². The van der Waals surface area contributed by atoms with Crippen LogP contribution < -0.4 is 9.83 Å². The number of hydrogen-bond acceptors (Lipinski definition) is 3. The molecule has 0 saturated heterocycles. The molecule has 0 bridgehead atoms. The predicted molar refractivity (Wildman–Crippen MR) is 152 cm³/mol. The van der Waals surface area contributed by atoms with E-state index >= 15 is 0 Å². The Morgan fingerprint density at radius 3 is 1.49 bits per heavy atom. The van der Waals surface area contributed by atoms with E-state index in [-0.39, 0.29) is 11.3 Å². The first kappa shape index (κ1) is 26.4. The van der Waals surface area contributed by atoms with Gasteiger partial charge in [-0.2, -0.15) is 0 Å². The van der Waals surface area contributed by atoms with Gasteiger partial charge in [-0.05, 0) is 0 Å². The van der Waals surface area contributed by atoms with Gasteiger partial charge in [0.25, 0.3) is 0 Å². The van der Waals surface area contributed by atoms with Gasteiger partial charge >= 0.3 is 216 Å². The van der Waals surface area contributed by atoms with Crippen molar-refractivity contribution in [3.63, 3.8) is 0 Å². The van der Waals surface area contributed by atoms with E-state index in [1.807, 2.05) is 0 Å². The zero-order chi connectivity index (χ0) is 24.2. The summed E-state index contributed by atoms with van der Waals surface area (Å²) in [7, 11) is -4.58. The van der Waals surface area contributed by atoms with E-state index in [1.165, 1.54) is 77.0 Å². The number of hydrogen-bond donors (Lipinski definition) is 2. The van der Waals surface area contributed by atoms with Crippen LogP contribution in [0, 0.1) is 0 Å². The van der Waals surface area contributed by atoms with Crippen molar-refractivity contribution in [2.24, 2.45) is 0 Å². The van der Waals surface area contributed by atoms with E-state index in [0.29, 0.717) is 0 Å². The number of benzene rings is 1. The molecule has 0 atom stereocenters. The summed E-state index contributed by atoms with van der Waals surface area (Å²) >= 11 is 0. The van der Waals surface area contributed by atoms with Crippen LogP contribution in [0.2, 0.25) is 0 Å². The van der Waals surface area contributed by atoms with E-state index < -0.39 is 15.2 Å². The van der Waals surface area contributed by atoms with E-state index in [9.17, 15) is 9.79 Å². The molecule has 0 aromatic heterocycles. The Hall–Kier alpha value is -0.200. The third kappa shape index (κ3) is 5.65. The van der Waals surface area contributed by atoms with E-state index in [1.54, 1.807) is 0 Å². The summed E-state index contributed by atoms with van der Waals surface area (Å²) < 4.78 is 7.01. The Labute approximate surface area is 215 Å². The summed E-state index contributed by atoms with van der Waals surface area (Å²) in [4.78, 5) is 25.4. The van der Waals surface area contributed by atoms with Crippen LogP contribution in [0.15, 0.2) is 24.3 Å². The summed E-state index contributed by atoms with van der Waals surface area (Å²) in [6, 6.07) is 8.35. The summed E-state index contributed by atoms with van der Waals surface area (Å²) in [5, 5.41) is 0.842. The molecule has 4 aliphatic carbocycles. The van der Waals surface area contributed by atoms with Gasteiger partial charge in [0.1, 0.15) is 0 Å². The molecule has 4 fully saturated rings. The molecule has 0 amide bonds. The first-order chi connectivity index (χ1) is 17.1. The molecule has 5 heteroatoms. The third-order valence-corrected chi connectivity index (χ3v) is 18.2. The van der Waals surface area contributed by atoms with Crippen molar-refractivity contribution in [3.8, 4) is 5.75 Å². The van der Waals surface area contributed by atoms with Crippen molar-refractivity contribution in [1.29, 1.82) is 0 Å². The molecule has 0 radical (unpaired) electrons. The van der Waals surface area contributed by atoms with Gasteiger partial charge in [0, 0.05) is 0 Å². The molecule has 0 spiro atoms. The van der Waals surface area contributed by atoms with E-state index in [2.05, 4.69) is 24.3 Å². The van der Waals surface area contributed by atoms with Gasteiger partial charge in [-0.25, -0.2) is 0 Å². The van der Waals surface area contributed by atoms with Crippen molar-refractivity contribution in [3.05, 3.63) is 24.3 Å². The Morgan fingerprint density at radius 1 is 0.600 bits per heavy atom. The Kier molecular flexibility index (Phi) is 8.81. The molecule has 3 nitrogen and oxygen atoms in total. The molecule has 0 aliphatic heterocycles. The van der Waals surface area contributed by atoms with Gasteiger partial charge in [-0.3, -0.25) is 0 Å². The fourth-order valence-electron chi connectivity index (χ4n) is 7.97. The maximum atomic E-state index is 12.7. The number of rotatable bonds is 7. The van der Waals surface area contributed by atoms with Crippen LogP contribution in [0.1, 0.15) is 128 Å². The van der Waals surface area contributed by atoms with Gasteiger partial charge in [-0.1, -0.05) is 0 Å². The molecular formula is C30H50O3P2. The van der Waals surface area contributed by atoms with Crippen molar-refractivity contribution in [2.45, 2.75) is 151 Å². The second kappa shape index (κ2) is 11.7. The van der Waals surface area contributed by atoms with Crippen LogP contribution in [0.25, 0.3) is 0 Å². The average molecular weight is 521 g/mol. The Bertz CT molecular complexity index is 764. The van der Waals surface area contributed by atoms with Crippen molar-refractivity contribution in [2.75, 3.05) is 0 Å². The summed E-state index contributed by atoms with van der Waals surface area (Å²) in [5.41, 5.74) is 1.54. The summed E-state index contributed by atoms with van der Waals surface area (Å²) in [5.74, 6) is 0.925. The molecule has 1 aromatic rings. The minimum absolute atomic E-state index is 0.0475. The molecule has 198 valence electrons. The van der Waals surface area contributed by atoms with Gasteiger partial charge in [-0.15, -0.1) is 0 Å². The minimum atomic E-state index is -4.07. The zero-order valence-electron chi connectivity index (χ0n) is 22.0.